The van der Waals surface area contributed by atoms with Crippen molar-refractivity contribution in [3.63, 3.8) is 0 Å². The topological polar surface area (TPSA) is 111 Å². The van der Waals surface area contributed by atoms with E-state index in [-0.39, 0.29) is 11.8 Å². The Kier molecular flexibility index (Phi) is 7.07. The van der Waals surface area contributed by atoms with E-state index >= 15 is 0 Å². The first-order chi connectivity index (χ1) is 19.6. The predicted octanol–water partition coefficient (Wildman–Crippen LogP) is 4.92. The number of pyridine rings is 1. The molecule has 2 N–H and O–H groups in total. The van der Waals surface area contributed by atoms with Crippen molar-refractivity contribution in [2.75, 3.05) is 18.5 Å². The number of carbonyl (C=O) groups excluding carboxylic acids is 2. The lowest BCUT2D eigenvalue weighted by molar-refractivity contribution is -0.114. The van der Waals surface area contributed by atoms with E-state index < -0.39 is 0 Å². The number of rotatable bonds is 8. The highest BCUT2D eigenvalue weighted by atomic mass is 32.1. The lowest BCUT2D eigenvalue weighted by atomic mass is 9.95. The summed E-state index contributed by atoms with van der Waals surface area (Å²) in [6.07, 6.45) is 5.07. The summed E-state index contributed by atoms with van der Waals surface area (Å²) < 4.78 is 7.56. The standard InChI is InChI=1S/C30H26N6O3S/c1-19(37)33-30-34-25-14-13-24-26(21-6-5-15-31-18-21)35-36(27(24)28(25)40-30)22-11-9-20(10-12-22)29(38)32-16-17-39-23-7-3-2-4-8-23/h2-12,15,18H,13-14,16-17H2,1H3,(H,32,38)(H,33,34,37). The number of benzene rings is 2. The van der Waals surface area contributed by atoms with Crippen LogP contribution in [0.25, 0.3) is 27.5 Å². The Hall–Kier alpha value is -4.83. The van der Waals surface area contributed by atoms with E-state index in [0.717, 1.165) is 57.4 Å². The van der Waals surface area contributed by atoms with Crippen LogP contribution in [0.15, 0.2) is 79.1 Å². The molecule has 1 aliphatic rings. The second kappa shape index (κ2) is 11.1. The van der Waals surface area contributed by atoms with Crippen molar-refractivity contribution in [3.05, 3.63) is 95.9 Å². The Balaban J connectivity index is 1.27. The van der Waals surface area contributed by atoms with Gasteiger partial charge in [0.25, 0.3) is 5.91 Å². The number of para-hydroxylation sites is 1. The number of aryl methyl sites for hydroxylation is 1. The fraction of sp³-hybridized carbons (Fsp3) is 0.167. The summed E-state index contributed by atoms with van der Waals surface area (Å²) in [6, 6.07) is 20.8. The Labute approximate surface area is 234 Å². The molecule has 3 aromatic heterocycles. The maximum atomic E-state index is 12.7. The van der Waals surface area contributed by atoms with Crippen molar-refractivity contribution in [2.24, 2.45) is 0 Å². The van der Waals surface area contributed by atoms with Gasteiger partial charge in [0.2, 0.25) is 5.91 Å². The number of aromatic nitrogens is 4. The van der Waals surface area contributed by atoms with E-state index in [1.54, 1.807) is 18.3 Å². The van der Waals surface area contributed by atoms with Crippen LogP contribution in [-0.2, 0) is 17.6 Å². The van der Waals surface area contributed by atoms with E-state index in [9.17, 15) is 9.59 Å². The third kappa shape index (κ3) is 5.21. The summed E-state index contributed by atoms with van der Waals surface area (Å²) in [5.74, 6) is 0.436. The number of anilines is 1. The third-order valence-corrected chi connectivity index (χ3v) is 7.52. The molecular formula is C30H26N6O3S. The van der Waals surface area contributed by atoms with Crippen molar-refractivity contribution < 1.29 is 14.3 Å². The molecule has 0 aliphatic heterocycles. The van der Waals surface area contributed by atoms with Gasteiger partial charge in [-0.3, -0.25) is 14.6 Å². The summed E-state index contributed by atoms with van der Waals surface area (Å²) in [4.78, 5) is 34.4. The minimum Gasteiger partial charge on any atom is -0.492 e. The van der Waals surface area contributed by atoms with Crippen molar-refractivity contribution >= 4 is 28.3 Å². The smallest absolute Gasteiger partial charge is 0.251 e. The Bertz CT molecular complexity index is 1660. The predicted molar refractivity (Wildman–Crippen MR) is 154 cm³/mol. The van der Waals surface area contributed by atoms with Crippen molar-refractivity contribution in [2.45, 2.75) is 19.8 Å². The van der Waals surface area contributed by atoms with Crippen LogP contribution < -0.4 is 15.4 Å². The Morgan fingerprint density at radius 3 is 2.60 bits per heavy atom. The van der Waals surface area contributed by atoms with Crippen LogP contribution in [0.1, 0.15) is 28.5 Å². The number of amides is 2. The van der Waals surface area contributed by atoms with E-state index in [2.05, 4.69) is 20.6 Å². The van der Waals surface area contributed by atoms with E-state index in [1.165, 1.54) is 18.3 Å². The van der Waals surface area contributed by atoms with Crippen molar-refractivity contribution in [1.82, 2.24) is 25.1 Å². The molecule has 0 saturated carbocycles. The van der Waals surface area contributed by atoms with Gasteiger partial charge >= 0.3 is 0 Å². The molecule has 1 aliphatic carbocycles. The van der Waals surface area contributed by atoms with Gasteiger partial charge in [-0.25, -0.2) is 9.67 Å². The van der Waals surface area contributed by atoms with E-state index in [0.29, 0.717) is 23.8 Å². The van der Waals surface area contributed by atoms with Gasteiger partial charge in [-0.1, -0.05) is 29.5 Å². The van der Waals surface area contributed by atoms with Crippen LogP contribution in [0.5, 0.6) is 5.75 Å². The summed E-state index contributed by atoms with van der Waals surface area (Å²) in [7, 11) is 0. The maximum Gasteiger partial charge on any atom is 0.251 e. The third-order valence-electron chi connectivity index (χ3n) is 6.50. The van der Waals surface area contributed by atoms with Gasteiger partial charge in [0.15, 0.2) is 5.13 Å². The summed E-state index contributed by atoms with van der Waals surface area (Å²) in [5.41, 5.74) is 6.16. The number of carbonyl (C=O) groups is 2. The van der Waals surface area contributed by atoms with Crippen LogP contribution in [0.4, 0.5) is 5.13 Å². The number of hydrogen-bond acceptors (Lipinski definition) is 7. The van der Waals surface area contributed by atoms with Gasteiger partial charge in [0.05, 0.1) is 34.2 Å². The normalized spacial score (nSPS) is 11.8. The first kappa shape index (κ1) is 25.4. The molecule has 3 heterocycles. The average Bonchev–Trinajstić information content (AvgIpc) is 3.57. The highest BCUT2D eigenvalue weighted by molar-refractivity contribution is 7.19. The highest BCUT2D eigenvalue weighted by Crippen LogP contribution is 2.44. The minimum atomic E-state index is -0.175. The van der Waals surface area contributed by atoms with Crippen LogP contribution in [0.3, 0.4) is 0 Å². The van der Waals surface area contributed by atoms with E-state index in [4.69, 9.17) is 9.84 Å². The molecule has 0 bridgehead atoms. The molecule has 5 aromatic rings. The van der Waals surface area contributed by atoms with Gasteiger partial charge in [-0.15, -0.1) is 0 Å². The number of hydrogen-bond donors (Lipinski definition) is 2. The molecule has 0 unspecified atom stereocenters. The molecule has 6 rings (SSSR count). The maximum absolute atomic E-state index is 12.7. The number of thiazole rings is 1. The van der Waals surface area contributed by atoms with Crippen molar-refractivity contribution in [1.29, 1.82) is 0 Å². The lowest BCUT2D eigenvalue weighted by Gasteiger charge is -2.14. The first-order valence-electron chi connectivity index (χ1n) is 12.9. The summed E-state index contributed by atoms with van der Waals surface area (Å²) in [5, 5.41) is 11.3. The first-order valence-corrected chi connectivity index (χ1v) is 13.7. The summed E-state index contributed by atoms with van der Waals surface area (Å²) in [6.45, 7) is 2.24. The van der Waals surface area contributed by atoms with Gasteiger partial charge < -0.3 is 15.4 Å². The highest BCUT2D eigenvalue weighted by Gasteiger charge is 2.30. The van der Waals surface area contributed by atoms with Gasteiger partial charge in [-0.05, 0) is 61.4 Å². The fourth-order valence-electron chi connectivity index (χ4n) is 4.70. The molecule has 0 fully saturated rings. The zero-order valence-electron chi connectivity index (χ0n) is 21.8. The molecule has 0 radical (unpaired) electrons. The van der Waals surface area contributed by atoms with Crippen molar-refractivity contribution in [3.8, 4) is 33.3 Å². The van der Waals surface area contributed by atoms with Gasteiger partial charge in [0, 0.05) is 36.0 Å². The quantitative estimate of drug-likeness (QED) is 0.265. The molecule has 0 atom stereocenters. The average molecular weight is 551 g/mol. The molecular weight excluding hydrogens is 524 g/mol. The second-order valence-corrected chi connectivity index (χ2v) is 10.3. The number of fused-ring (bicyclic) bond motifs is 3. The van der Waals surface area contributed by atoms with Crippen LogP contribution in [0, 0.1) is 0 Å². The molecule has 200 valence electrons. The Morgan fingerprint density at radius 2 is 1.85 bits per heavy atom. The number of nitrogens with one attached hydrogen (secondary N) is 2. The molecule has 10 heteroatoms. The van der Waals surface area contributed by atoms with Gasteiger partial charge in [-0.2, -0.15) is 5.10 Å². The van der Waals surface area contributed by atoms with Crippen LogP contribution in [0.2, 0.25) is 0 Å². The van der Waals surface area contributed by atoms with E-state index in [1.807, 2.05) is 65.5 Å². The minimum absolute atomic E-state index is 0.156. The summed E-state index contributed by atoms with van der Waals surface area (Å²) >= 11 is 1.45. The zero-order chi connectivity index (χ0) is 27.5. The lowest BCUT2D eigenvalue weighted by Crippen LogP contribution is -2.28. The molecule has 0 spiro atoms. The largest absolute Gasteiger partial charge is 0.492 e. The van der Waals surface area contributed by atoms with Gasteiger partial charge in [0.1, 0.15) is 12.4 Å². The fourth-order valence-corrected chi connectivity index (χ4v) is 5.82. The molecule has 0 saturated heterocycles. The van der Waals surface area contributed by atoms with Crippen LogP contribution >= 0.6 is 11.3 Å². The Morgan fingerprint density at radius 1 is 1.02 bits per heavy atom. The zero-order valence-corrected chi connectivity index (χ0v) is 22.6. The number of nitrogens with zero attached hydrogens (tertiary/aromatic N) is 4. The van der Waals surface area contributed by atoms with Crippen LogP contribution in [-0.4, -0.2) is 44.7 Å². The SMILES string of the molecule is CC(=O)Nc1nc2c(s1)-c1c(c(-c3cccnc3)nn1-c1ccc(C(=O)NCCOc3ccccc3)cc1)CC2. The molecule has 2 aromatic carbocycles. The molecule has 2 amide bonds. The monoisotopic (exact) mass is 550 g/mol. The molecule has 9 nitrogen and oxygen atoms in total. The number of ether oxygens (including phenoxy) is 1. The second-order valence-electron chi connectivity index (χ2n) is 9.27. The molecule has 40 heavy (non-hydrogen) atoms.